The average Bonchev–Trinajstić information content (AvgIpc) is 2.77. The van der Waals surface area contributed by atoms with Gasteiger partial charge in [-0.1, -0.05) is 42.0 Å². The van der Waals surface area contributed by atoms with E-state index >= 15 is 0 Å². The van der Waals surface area contributed by atoms with Gasteiger partial charge >= 0.3 is 5.69 Å². The lowest BCUT2D eigenvalue weighted by molar-refractivity contribution is -0.386. The van der Waals surface area contributed by atoms with Crippen LogP contribution < -0.4 is 10.1 Å². The normalized spacial score (nSPS) is 15.2. The molecule has 0 aromatic heterocycles. The van der Waals surface area contributed by atoms with E-state index in [1.165, 1.54) is 19.2 Å². The smallest absolute Gasteiger partial charge is 0.315 e. The molecule has 1 heterocycles. The van der Waals surface area contributed by atoms with Crippen LogP contribution in [-0.2, 0) is 6.54 Å². The van der Waals surface area contributed by atoms with Crippen molar-refractivity contribution in [3.8, 4) is 11.5 Å². The highest BCUT2D eigenvalue weighted by Gasteiger charge is 2.35. The second-order valence-electron chi connectivity index (χ2n) is 7.36. The van der Waals surface area contributed by atoms with Crippen molar-refractivity contribution in [2.24, 2.45) is 0 Å². The first-order valence-electron chi connectivity index (χ1n) is 9.66. The predicted molar refractivity (Wildman–Crippen MR) is 115 cm³/mol. The van der Waals surface area contributed by atoms with E-state index in [0.717, 1.165) is 11.1 Å². The van der Waals surface area contributed by atoms with Crippen molar-refractivity contribution >= 4 is 17.3 Å². The van der Waals surface area contributed by atoms with Crippen molar-refractivity contribution in [2.75, 3.05) is 12.4 Å². The largest absolute Gasteiger partial charge is 0.500 e. The molecule has 3 aromatic carbocycles. The first-order chi connectivity index (χ1) is 14.9. The zero-order chi connectivity index (χ0) is 22.1. The number of nitro benzene ring substituents is 1. The molecule has 1 amide bonds. The van der Waals surface area contributed by atoms with Crippen LogP contribution in [0, 0.1) is 17.0 Å². The molecule has 1 aliphatic heterocycles. The van der Waals surface area contributed by atoms with Gasteiger partial charge in [0.25, 0.3) is 5.91 Å². The molecular formula is C23H21N3O5. The van der Waals surface area contributed by atoms with E-state index < -0.39 is 22.5 Å². The Bertz CT molecular complexity index is 1160. The Kier molecular flexibility index (Phi) is 5.21. The number of para-hydroxylation sites is 1. The van der Waals surface area contributed by atoms with Crippen LogP contribution in [0.15, 0.2) is 60.7 Å². The SMILES string of the molecule is COc1cc([C@@H]2Nc3ccccc3C(=O)N2Cc2ccc(C)cc2)cc([N+](=O)[O-])c1O. The van der Waals surface area contributed by atoms with E-state index in [2.05, 4.69) is 5.32 Å². The molecule has 4 rings (SSSR count). The number of carbonyl (C=O) groups excluding carboxylic acids is 1. The summed E-state index contributed by atoms with van der Waals surface area (Å²) < 4.78 is 5.14. The van der Waals surface area contributed by atoms with Gasteiger partial charge in [-0.15, -0.1) is 0 Å². The van der Waals surface area contributed by atoms with Gasteiger partial charge in [0.05, 0.1) is 17.6 Å². The summed E-state index contributed by atoms with van der Waals surface area (Å²) in [6.07, 6.45) is -0.697. The number of carbonyl (C=O) groups is 1. The molecule has 0 fully saturated rings. The van der Waals surface area contributed by atoms with E-state index in [0.29, 0.717) is 23.4 Å². The van der Waals surface area contributed by atoms with Gasteiger partial charge < -0.3 is 20.1 Å². The molecule has 3 aromatic rings. The highest BCUT2D eigenvalue weighted by molar-refractivity contribution is 6.01. The standard InChI is InChI=1S/C23H21N3O5/c1-14-7-9-15(10-8-14)13-25-22(24-18-6-4-3-5-17(18)23(25)28)16-11-19(26(29)30)21(27)20(12-16)31-2/h3-12,22,24,27H,13H2,1-2H3/t22-/m1/s1. The number of hydrogen-bond acceptors (Lipinski definition) is 6. The van der Waals surface area contributed by atoms with Crippen LogP contribution in [0.25, 0.3) is 0 Å². The van der Waals surface area contributed by atoms with Crippen molar-refractivity contribution in [3.05, 3.63) is 93.0 Å². The number of aryl methyl sites for hydroxylation is 1. The Labute approximate surface area is 178 Å². The van der Waals surface area contributed by atoms with Crippen molar-refractivity contribution in [1.82, 2.24) is 4.90 Å². The van der Waals surface area contributed by atoms with E-state index in [4.69, 9.17) is 4.74 Å². The summed E-state index contributed by atoms with van der Waals surface area (Å²) in [7, 11) is 1.32. The monoisotopic (exact) mass is 419 g/mol. The summed E-state index contributed by atoms with van der Waals surface area (Å²) in [5, 5.41) is 24.9. The number of aromatic hydroxyl groups is 1. The first kappa shape index (κ1) is 20.2. The van der Waals surface area contributed by atoms with Crippen LogP contribution in [0.3, 0.4) is 0 Å². The Morgan fingerprint density at radius 2 is 1.87 bits per heavy atom. The predicted octanol–water partition coefficient (Wildman–Crippen LogP) is 4.38. The minimum Gasteiger partial charge on any atom is -0.500 e. The number of methoxy groups -OCH3 is 1. The zero-order valence-corrected chi connectivity index (χ0v) is 17.0. The van der Waals surface area contributed by atoms with Gasteiger partial charge in [-0.2, -0.15) is 0 Å². The van der Waals surface area contributed by atoms with Gasteiger partial charge in [0.2, 0.25) is 5.75 Å². The number of phenols is 1. The summed E-state index contributed by atoms with van der Waals surface area (Å²) in [5.74, 6) is -0.786. The third kappa shape index (κ3) is 3.75. The second-order valence-corrected chi connectivity index (χ2v) is 7.36. The molecule has 0 saturated carbocycles. The van der Waals surface area contributed by atoms with Crippen molar-refractivity contribution in [2.45, 2.75) is 19.6 Å². The molecule has 158 valence electrons. The van der Waals surface area contributed by atoms with Crippen molar-refractivity contribution in [3.63, 3.8) is 0 Å². The van der Waals surface area contributed by atoms with Gasteiger partial charge in [0.15, 0.2) is 5.75 Å². The van der Waals surface area contributed by atoms with E-state index in [1.807, 2.05) is 37.3 Å². The number of anilines is 1. The lowest BCUT2D eigenvalue weighted by atomic mass is 10.0. The van der Waals surface area contributed by atoms with Crippen LogP contribution in [0.2, 0.25) is 0 Å². The Morgan fingerprint density at radius 1 is 1.16 bits per heavy atom. The number of nitro groups is 1. The van der Waals surface area contributed by atoms with Crippen molar-refractivity contribution in [1.29, 1.82) is 0 Å². The number of fused-ring (bicyclic) bond motifs is 1. The van der Waals surface area contributed by atoms with Crippen LogP contribution in [-0.4, -0.2) is 27.9 Å². The molecule has 8 nitrogen and oxygen atoms in total. The van der Waals surface area contributed by atoms with E-state index in [-0.39, 0.29) is 11.7 Å². The van der Waals surface area contributed by atoms with Gasteiger partial charge in [-0.05, 0) is 30.7 Å². The molecule has 1 aliphatic rings. The number of nitrogens with one attached hydrogen (secondary N) is 1. The molecular weight excluding hydrogens is 398 g/mol. The van der Waals surface area contributed by atoms with Crippen molar-refractivity contribution < 1.29 is 19.6 Å². The fourth-order valence-corrected chi connectivity index (χ4v) is 3.68. The summed E-state index contributed by atoms with van der Waals surface area (Å²) in [6.45, 7) is 2.28. The number of nitrogens with zero attached hydrogens (tertiary/aromatic N) is 2. The molecule has 0 bridgehead atoms. The maximum Gasteiger partial charge on any atom is 0.315 e. The number of phenolic OH excluding ortho intramolecular Hbond substituents is 1. The van der Waals surface area contributed by atoms with Gasteiger partial charge in [0.1, 0.15) is 6.17 Å². The highest BCUT2D eigenvalue weighted by Crippen LogP contribution is 2.42. The molecule has 1 atom stereocenters. The number of ether oxygens (including phenoxy) is 1. The summed E-state index contributed by atoms with van der Waals surface area (Å²) >= 11 is 0. The van der Waals surface area contributed by atoms with E-state index in [9.17, 15) is 20.0 Å². The number of hydrogen-bond donors (Lipinski definition) is 2. The zero-order valence-electron chi connectivity index (χ0n) is 17.0. The molecule has 0 aliphatic carbocycles. The fourth-order valence-electron chi connectivity index (χ4n) is 3.68. The summed E-state index contributed by atoms with van der Waals surface area (Å²) in [5.41, 5.74) is 3.12. The molecule has 0 saturated heterocycles. The topological polar surface area (TPSA) is 105 Å². The number of amides is 1. The minimum atomic E-state index is -0.697. The fraction of sp³-hybridized carbons (Fsp3) is 0.174. The lowest BCUT2D eigenvalue weighted by Crippen LogP contribution is -2.42. The molecule has 8 heteroatoms. The average molecular weight is 419 g/mol. The molecule has 0 unspecified atom stereocenters. The van der Waals surface area contributed by atoms with Crippen LogP contribution in [0.1, 0.15) is 33.2 Å². The molecule has 0 radical (unpaired) electrons. The first-order valence-corrected chi connectivity index (χ1v) is 9.66. The maximum absolute atomic E-state index is 13.4. The maximum atomic E-state index is 13.4. The number of benzene rings is 3. The van der Waals surface area contributed by atoms with Crippen LogP contribution >= 0.6 is 0 Å². The second kappa shape index (κ2) is 7.98. The number of rotatable bonds is 5. The van der Waals surface area contributed by atoms with Crippen LogP contribution in [0.5, 0.6) is 11.5 Å². The van der Waals surface area contributed by atoms with Gasteiger partial charge in [-0.25, -0.2) is 0 Å². The Hall–Kier alpha value is -4.07. The molecule has 31 heavy (non-hydrogen) atoms. The third-order valence-electron chi connectivity index (χ3n) is 5.31. The highest BCUT2D eigenvalue weighted by atomic mass is 16.6. The summed E-state index contributed by atoms with van der Waals surface area (Å²) in [6, 6.07) is 17.7. The van der Waals surface area contributed by atoms with E-state index in [1.54, 1.807) is 23.1 Å². The van der Waals surface area contributed by atoms with Crippen LogP contribution in [0.4, 0.5) is 11.4 Å². The Balaban J connectivity index is 1.83. The third-order valence-corrected chi connectivity index (χ3v) is 5.31. The summed E-state index contributed by atoms with van der Waals surface area (Å²) in [4.78, 5) is 25.8. The molecule has 2 N–H and O–H groups in total. The minimum absolute atomic E-state index is 0.0346. The quantitative estimate of drug-likeness (QED) is 0.470. The lowest BCUT2D eigenvalue weighted by Gasteiger charge is -2.38. The van der Waals surface area contributed by atoms with Gasteiger partial charge in [0, 0.05) is 23.9 Å². The molecule has 0 spiro atoms. The Morgan fingerprint density at radius 3 is 2.55 bits per heavy atom. The van der Waals surface area contributed by atoms with Gasteiger partial charge in [-0.3, -0.25) is 14.9 Å².